The molecule has 0 N–H and O–H groups in total. The second-order valence-corrected chi connectivity index (χ2v) is 1.54. The molecule has 0 radical (unpaired) electrons. The van der Waals surface area contributed by atoms with Crippen LogP contribution in [0.1, 0.15) is 6.42 Å². The summed E-state index contributed by atoms with van der Waals surface area (Å²) in [6, 6.07) is 0. The van der Waals surface area contributed by atoms with Gasteiger partial charge in [-0.25, -0.2) is 0 Å². The van der Waals surface area contributed by atoms with E-state index in [1.165, 1.54) is 0 Å². The van der Waals surface area contributed by atoms with Gasteiger partial charge < -0.3 is 0 Å². The van der Waals surface area contributed by atoms with Crippen molar-refractivity contribution in [3.8, 4) is 0 Å². The maximum Gasteiger partial charge on any atom is 0.0637 e. The first-order valence-electron chi connectivity index (χ1n) is 2.68. The molecule has 0 spiro atoms. The van der Waals surface area contributed by atoms with E-state index in [4.69, 9.17) is 0 Å². The Hall–Kier alpha value is -0.920. The van der Waals surface area contributed by atoms with Crippen LogP contribution in [-0.2, 0) is 0 Å². The fourth-order valence-electron chi connectivity index (χ4n) is 0.500. The lowest BCUT2D eigenvalue weighted by Gasteiger charge is -1.85. The summed E-state index contributed by atoms with van der Waals surface area (Å²) in [6.45, 7) is 0.820. The van der Waals surface area contributed by atoms with Crippen LogP contribution in [0.15, 0.2) is 34.7 Å². The molecule has 0 aliphatic carbocycles. The molecule has 0 amide bonds. The Labute approximate surface area is 48.6 Å². The van der Waals surface area contributed by atoms with Crippen molar-refractivity contribution in [3.05, 3.63) is 24.4 Å². The lowest BCUT2D eigenvalue weighted by Crippen LogP contribution is -1.74. The summed E-state index contributed by atoms with van der Waals surface area (Å²) in [5, 5.41) is 7.54. The highest BCUT2D eigenvalue weighted by Gasteiger charge is 1.77. The Morgan fingerprint density at radius 2 is 2.25 bits per heavy atom. The van der Waals surface area contributed by atoms with Crippen LogP contribution in [0.5, 0.6) is 0 Å². The zero-order valence-electron chi connectivity index (χ0n) is 4.62. The van der Waals surface area contributed by atoms with Gasteiger partial charge in [0.15, 0.2) is 0 Å². The summed E-state index contributed by atoms with van der Waals surface area (Å²) < 4.78 is 0. The van der Waals surface area contributed by atoms with Crippen LogP contribution in [-0.4, -0.2) is 6.54 Å². The number of allylic oxidation sites excluding steroid dienone is 2. The van der Waals surface area contributed by atoms with Gasteiger partial charge in [0.1, 0.15) is 0 Å². The van der Waals surface area contributed by atoms with Crippen LogP contribution in [0.2, 0.25) is 0 Å². The minimum Gasteiger partial charge on any atom is -0.189 e. The van der Waals surface area contributed by atoms with Gasteiger partial charge in [-0.05, 0) is 12.5 Å². The molecule has 2 nitrogen and oxygen atoms in total. The first-order chi connectivity index (χ1) is 4.00. The third kappa shape index (κ3) is 1.69. The average Bonchev–Trinajstić information content (AvgIpc) is 1.62. The molecule has 2 heteroatoms. The van der Waals surface area contributed by atoms with Crippen LogP contribution in [0.3, 0.4) is 0 Å². The van der Waals surface area contributed by atoms with Gasteiger partial charge in [0.05, 0.1) is 6.54 Å². The molecule has 1 aliphatic rings. The topological polar surface area (TPSA) is 24.7 Å². The van der Waals surface area contributed by atoms with Crippen LogP contribution in [0.25, 0.3) is 0 Å². The molecule has 0 fully saturated rings. The van der Waals surface area contributed by atoms with E-state index in [2.05, 4.69) is 16.3 Å². The van der Waals surface area contributed by atoms with Crippen LogP contribution in [0, 0.1) is 0 Å². The number of hydrogen-bond donors (Lipinski definition) is 0. The standard InChI is InChI=1S/C6H8N2/c1-2-4-6-8-7-5-3-1/h1-3,5H,4,6H2. The molecule has 0 atom stereocenters. The minimum atomic E-state index is 0.820. The second-order valence-electron chi connectivity index (χ2n) is 1.54. The SMILES string of the molecule is C1=CCCN=NC=C1. The molecule has 0 saturated heterocycles. The van der Waals surface area contributed by atoms with Gasteiger partial charge in [0.2, 0.25) is 0 Å². The Morgan fingerprint density at radius 3 is 3.25 bits per heavy atom. The quantitative estimate of drug-likeness (QED) is 0.453. The summed E-state index contributed by atoms with van der Waals surface area (Å²) in [5.41, 5.74) is 0. The molecule has 0 aromatic rings. The van der Waals surface area contributed by atoms with Gasteiger partial charge in [-0.1, -0.05) is 12.2 Å². The lowest BCUT2D eigenvalue weighted by atomic mass is 10.4. The fraction of sp³-hybridized carbons (Fsp3) is 0.333. The van der Waals surface area contributed by atoms with Crippen molar-refractivity contribution in [2.24, 2.45) is 10.2 Å². The molecule has 0 unspecified atom stereocenters. The van der Waals surface area contributed by atoms with Gasteiger partial charge in [-0.3, -0.25) is 0 Å². The Morgan fingerprint density at radius 1 is 1.25 bits per heavy atom. The normalized spacial score (nSPS) is 18.0. The van der Waals surface area contributed by atoms with Gasteiger partial charge in [-0.2, -0.15) is 10.2 Å². The highest BCUT2D eigenvalue weighted by Crippen LogP contribution is 1.91. The molecular weight excluding hydrogens is 100 g/mol. The summed E-state index contributed by atoms with van der Waals surface area (Å²) in [5.74, 6) is 0. The molecule has 0 aromatic carbocycles. The zero-order valence-corrected chi connectivity index (χ0v) is 4.62. The highest BCUT2D eigenvalue weighted by molar-refractivity contribution is 5.02. The highest BCUT2D eigenvalue weighted by atomic mass is 15.1. The molecule has 42 valence electrons. The first-order valence-corrected chi connectivity index (χ1v) is 2.68. The minimum absolute atomic E-state index is 0.820. The molecule has 0 bridgehead atoms. The summed E-state index contributed by atoms with van der Waals surface area (Å²) in [7, 11) is 0. The first kappa shape index (κ1) is 5.22. The number of hydrogen-bond acceptors (Lipinski definition) is 2. The van der Waals surface area contributed by atoms with Crippen LogP contribution in [0.4, 0.5) is 0 Å². The predicted octanol–water partition coefficient (Wildman–Crippen LogP) is 1.91. The summed E-state index contributed by atoms with van der Waals surface area (Å²) in [6.07, 6.45) is 8.64. The Bertz CT molecular complexity index is 117. The van der Waals surface area contributed by atoms with Gasteiger partial charge in [0, 0.05) is 6.20 Å². The van der Waals surface area contributed by atoms with E-state index in [0.717, 1.165) is 13.0 Å². The lowest BCUT2D eigenvalue weighted by molar-refractivity contribution is 0.920. The third-order valence-corrected chi connectivity index (χ3v) is 0.877. The van der Waals surface area contributed by atoms with Crippen molar-refractivity contribution in [1.82, 2.24) is 0 Å². The predicted molar refractivity (Wildman–Crippen MR) is 32.6 cm³/mol. The van der Waals surface area contributed by atoms with Crippen molar-refractivity contribution < 1.29 is 0 Å². The monoisotopic (exact) mass is 108 g/mol. The summed E-state index contributed by atoms with van der Waals surface area (Å²) >= 11 is 0. The van der Waals surface area contributed by atoms with E-state index in [0.29, 0.717) is 0 Å². The average molecular weight is 108 g/mol. The maximum atomic E-state index is 3.82. The number of rotatable bonds is 0. The molecule has 1 aliphatic heterocycles. The van der Waals surface area contributed by atoms with Gasteiger partial charge in [0.25, 0.3) is 0 Å². The zero-order chi connectivity index (χ0) is 5.66. The van der Waals surface area contributed by atoms with Crippen molar-refractivity contribution in [2.45, 2.75) is 6.42 Å². The number of azo groups is 1. The number of nitrogens with zero attached hydrogens (tertiary/aromatic N) is 2. The van der Waals surface area contributed by atoms with Crippen molar-refractivity contribution in [2.75, 3.05) is 6.54 Å². The largest absolute Gasteiger partial charge is 0.189 e. The van der Waals surface area contributed by atoms with E-state index < -0.39 is 0 Å². The second kappa shape index (κ2) is 3.13. The Balaban J connectivity index is 2.51. The third-order valence-electron chi connectivity index (χ3n) is 0.877. The van der Waals surface area contributed by atoms with E-state index >= 15 is 0 Å². The van der Waals surface area contributed by atoms with Crippen molar-refractivity contribution in [3.63, 3.8) is 0 Å². The molecule has 1 heterocycles. The molecule has 0 saturated carbocycles. The fourth-order valence-corrected chi connectivity index (χ4v) is 0.500. The van der Waals surface area contributed by atoms with Gasteiger partial charge >= 0.3 is 0 Å². The van der Waals surface area contributed by atoms with Crippen LogP contribution >= 0.6 is 0 Å². The molecule has 0 aromatic heterocycles. The molecular formula is C6H8N2. The smallest absolute Gasteiger partial charge is 0.0637 e. The van der Waals surface area contributed by atoms with E-state index in [9.17, 15) is 0 Å². The van der Waals surface area contributed by atoms with Crippen molar-refractivity contribution in [1.29, 1.82) is 0 Å². The maximum absolute atomic E-state index is 3.82. The van der Waals surface area contributed by atoms with Gasteiger partial charge in [-0.15, -0.1) is 0 Å². The van der Waals surface area contributed by atoms with Crippen LogP contribution < -0.4 is 0 Å². The molecule has 8 heavy (non-hydrogen) atoms. The van der Waals surface area contributed by atoms with Crippen molar-refractivity contribution >= 4 is 0 Å². The Kier molecular flexibility index (Phi) is 2.04. The van der Waals surface area contributed by atoms with E-state index in [1.807, 2.05) is 12.2 Å². The van der Waals surface area contributed by atoms with E-state index in [1.54, 1.807) is 6.20 Å². The molecule has 1 rings (SSSR count). The summed E-state index contributed by atoms with van der Waals surface area (Å²) in [4.78, 5) is 0. The van der Waals surface area contributed by atoms with E-state index in [-0.39, 0.29) is 0 Å².